The van der Waals surface area contributed by atoms with Crippen LogP contribution in [-0.2, 0) is 0 Å². The topological polar surface area (TPSA) is 40.7 Å². The Morgan fingerprint density at radius 3 is 2.87 bits per heavy atom. The third kappa shape index (κ3) is 1.69. The van der Waals surface area contributed by atoms with Crippen molar-refractivity contribution in [2.45, 2.75) is 5.92 Å². The van der Waals surface area contributed by atoms with Gasteiger partial charge in [0.1, 0.15) is 5.82 Å². The molecule has 0 radical (unpaired) electrons. The Balaban J connectivity index is 1.89. The standard InChI is InChI=1S/C10H10ClN3S/c11-9-2-1-8(15-9)7-5-13-10(14-7)6-3-12-4-6/h1-2,5-6,12H,3-4H2,(H,13,14). The SMILES string of the molecule is Clc1ccc(-c2cnc(C3CNC3)[nH]2)s1. The highest BCUT2D eigenvalue weighted by atomic mass is 35.5. The van der Waals surface area contributed by atoms with E-state index in [1.165, 1.54) is 0 Å². The van der Waals surface area contributed by atoms with Gasteiger partial charge >= 0.3 is 0 Å². The maximum atomic E-state index is 5.89. The first kappa shape index (κ1) is 9.39. The van der Waals surface area contributed by atoms with Crippen molar-refractivity contribution in [1.82, 2.24) is 15.3 Å². The van der Waals surface area contributed by atoms with Crippen LogP contribution in [0.4, 0.5) is 0 Å². The summed E-state index contributed by atoms with van der Waals surface area (Å²) >= 11 is 7.46. The molecule has 3 heterocycles. The highest BCUT2D eigenvalue weighted by Crippen LogP contribution is 2.30. The van der Waals surface area contributed by atoms with Gasteiger partial charge in [0.2, 0.25) is 0 Å². The monoisotopic (exact) mass is 239 g/mol. The smallest absolute Gasteiger partial charge is 0.112 e. The van der Waals surface area contributed by atoms with Crippen LogP contribution in [0.1, 0.15) is 11.7 Å². The van der Waals surface area contributed by atoms with E-state index in [0.29, 0.717) is 5.92 Å². The summed E-state index contributed by atoms with van der Waals surface area (Å²) in [7, 11) is 0. The van der Waals surface area contributed by atoms with Gasteiger partial charge in [0.05, 0.1) is 21.1 Å². The van der Waals surface area contributed by atoms with Crippen molar-refractivity contribution in [3.05, 3.63) is 28.5 Å². The number of halogens is 1. The van der Waals surface area contributed by atoms with E-state index >= 15 is 0 Å². The van der Waals surface area contributed by atoms with Crippen molar-refractivity contribution in [2.24, 2.45) is 0 Å². The number of H-pyrrole nitrogens is 1. The predicted molar refractivity (Wildman–Crippen MR) is 62.5 cm³/mol. The van der Waals surface area contributed by atoms with Gasteiger partial charge in [-0.2, -0.15) is 0 Å². The summed E-state index contributed by atoms with van der Waals surface area (Å²) in [6.45, 7) is 2.05. The summed E-state index contributed by atoms with van der Waals surface area (Å²) in [6, 6.07) is 3.93. The van der Waals surface area contributed by atoms with Crippen molar-refractivity contribution >= 4 is 22.9 Å². The second-order valence-corrected chi connectivity index (χ2v) is 5.36. The first-order valence-electron chi connectivity index (χ1n) is 4.84. The fraction of sp³-hybridized carbons (Fsp3) is 0.300. The molecule has 0 atom stereocenters. The zero-order valence-electron chi connectivity index (χ0n) is 7.96. The van der Waals surface area contributed by atoms with Gasteiger partial charge in [-0.25, -0.2) is 4.98 Å². The van der Waals surface area contributed by atoms with Crippen molar-refractivity contribution in [2.75, 3.05) is 13.1 Å². The molecule has 0 spiro atoms. The molecule has 0 saturated carbocycles. The summed E-state index contributed by atoms with van der Waals surface area (Å²) in [5.74, 6) is 1.63. The van der Waals surface area contributed by atoms with Crippen LogP contribution < -0.4 is 5.32 Å². The summed E-state index contributed by atoms with van der Waals surface area (Å²) in [5.41, 5.74) is 1.06. The quantitative estimate of drug-likeness (QED) is 0.846. The van der Waals surface area contributed by atoms with Crippen LogP contribution in [0.15, 0.2) is 18.3 Å². The van der Waals surface area contributed by atoms with Gasteiger partial charge in [0.25, 0.3) is 0 Å². The summed E-state index contributed by atoms with van der Waals surface area (Å²) < 4.78 is 0.812. The van der Waals surface area contributed by atoms with Crippen molar-refractivity contribution in [1.29, 1.82) is 0 Å². The second kappa shape index (κ2) is 3.63. The van der Waals surface area contributed by atoms with E-state index in [2.05, 4.69) is 15.3 Å². The van der Waals surface area contributed by atoms with Crippen LogP contribution >= 0.6 is 22.9 Å². The first-order chi connectivity index (χ1) is 7.33. The van der Waals surface area contributed by atoms with E-state index in [-0.39, 0.29) is 0 Å². The lowest BCUT2D eigenvalue weighted by molar-refractivity contribution is 0.433. The molecule has 0 unspecified atom stereocenters. The minimum Gasteiger partial charge on any atom is -0.341 e. The summed E-state index contributed by atoms with van der Waals surface area (Å²) in [6.07, 6.45) is 1.88. The molecule has 2 aromatic heterocycles. The van der Waals surface area contributed by atoms with Crippen LogP contribution in [0.25, 0.3) is 10.6 Å². The van der Waals surface area contributed by atoms with Gasteiger partial charge in [0, 0.05) is 19.0 Å². The summed E-state index contributed by atoms with van der Waals surface area (Å²) in [4.78, 5) is 8.88. The van der Waals surface area contributed by atoms with Crippen LogP contribution in [0.2, 0.25) is 4.34 Å². The molecule has 0 aromatic carbocycles. The van der Waals surface area contributed by atoms with E-state index < -0.39 is 0 Å². The minimum absolute atomic E-state index is 0.550. The minimum atomic E-state index is 0.550. The zero-order chi connectivity index (χ0) is 10.3. The number of aromatic nitrogens is 2. The molecule has 15 heavy (non-hydrogen) atoms. The van der Waals surface area contributed by atoms with Crippen LogP contribution in [0.3, 0.4) is 0 Å². The lowest BCUT2D eigenvalue weighted by atomic mass is 10.0. The molecular weight excluding hydrogens is 230 g/mol. The van der Waals surface area contributed by atoms with Crippen molar-refractivity contribution < 1.29 is 0 Å². The first-order valence-corrected chi connectivity index (χ1v) is 6.04. The Morgan fingerprint density at radius 2 is 2.27 bits per heavy atom. The Hall–Kier alpha value is -0.840. The average Bonchev–Trinajstić information content (AvgIpc) is 2.70. The van der Waals surface area contributed by atoms with Crippen LogP contribution in [-0.4, -0.2) is 23.1 Å². The maximum Gasteiger partial charge on any atom is 0.112 e. The fourth-order valence-electron chi connectivity index (χ4n) is 1.61. The predicted octanol–water partition coefficient (Wildman–Crippen LogP) is 2.48. The lowest BCUT2D eigenvalue weighted by Crippen LogP contribution is -2.40. The van der Waals surface area contributed by atoms with E-state index in [1.807, 2.05) is 18.3 Å². The molecule has 0 amide bonds. The van der Waals surface area contributed by atoms with Crippen LogP contribution in [0.5, 0.6) is 0 Å². The van der Waals surface area contributed by atoms with E-state index in [9.17, 15) is 0 Å². The molecule has 0 bridgehead atoms. The molecule has 2 N–H and O–H groups in total. The van der Waals surface area contributed by atoms with Gasteiger partial charge in [-0.15, -0.1) is 11.3 Å². The van der Waals surface area contributed by atoms with E-state index in [0.717, 1.165) is 33.8 Å². The number of hydrogen-bond acceptors (Lipinski definition) is 3. The molecule has 1 fully saturated rings. The largest absolute Gasteiger partial charge is 0.341 e. The number of hydrogen-bond donors (Lipinski definition) is 2. The number of nitrogens with one attached hydrogen (secondary N) is 2. The number of thiophene rings is 1. The van der Waals surface area contributed by atoms with E-state index in [4.69, 9.17) is 11.6 Å². The molecule has 1 aliphatic rings. The molecule has 1 aliphatic heterocycles. The van der Waals surface area contributed by atoms with Gasteiger partial charge in [-0.3, -0.25) is 0 Å². The molecule has 5 heteroatoms. The number of rotatable bonds is 2. The highest BCUT2D eigenvalue weighted by Gasteiger charge is 2.21. The molecule has 3 rings (SSSR count). The second-order valence-electron chi connectivity index (χ2n) is 3.64. The van der Waals surface area contributed by atoms with Crippen molar-refractivity contribution in [3.63, 3.8) is 0 Å². The number of nitrogens with zero attached hydrogens (tertiary/aromatic N) is 1. The maximum absolute atomic E-state index is 5.89. The van der Waals surface area contributed by atoms with Gasteiger partial charge < -0.3 is 10.3 Å². The molecular formula is C10H10ClN3S. The fourth-order valence-corrected chi connectivity index (χ4v) is 2.62. The zero-order valence-corrected chi connectivity index (χ0v) is 9.53. The molecule has 3 nitrogen and oxygen atoms in total. The molecule has 1 saturated heterocycles. The van der Waals surface area contributed by atoms with Crippen molar-refractivity contribution in [3.8, 4) is 10.6 Å². The third-order valence-electron chi connectivity index (χ3n) is 2.60. The molecule has 78 valence electrons. The highest BCUT2D eigenvalue weighted by molar-refractivity contribution is 7.19. The lowest BCUT2D eigenvalue weighted by Gasteiger charge is -2.24. The van der Waals surface area contributed by atoms with Gasteiger partial charge in [0.15, 0.2) is 0 Å². The van der Waals surface area contributed by atoms with Crippen LogP contribution in [0, 0.1) is 0 Å². The van der Waals surface area contributed by atoms with Gasteiger partial charge in [-0.1, -0.05) is 11.6 Å². The number of imidazole rings is 1. The normalized spacial score (nSPS) is 16.6. The van der Waals surface area contributed by atoms with E-state index in [1.54, 1.807) is 11.3 Å². The summed E-state index contributed by atoms with van der Waals surface area (Å²) in [5, 5.41) is 3.23. The average molecular weight is 240 g/mol. The number of aromatic amines is 1. The third-order valence-corrected chi connectivity index (χ3v) is 3.87. The van der Waals surface area contributed by atoms with Gasteiger partial charge in [-0.05, 0) is 12.1 Å². The Bertz CT molecular complexity index is 472. The Labute approximate surface area is 96.5 Å². The molecule has 0 aliphatic carbocycles. The Morgan fingerprint density at radius 1 is 1.40 bits per heavy atom. The molecule has 2 aromatic rings. The Kier molecular flexibility index (Phi) is 2.27.